The van der Waals surface area contributed by atoms with Gasteiger partial charge in [0.25, 0.3) is 0 Å². The second kappa shape index (κ2) is 30.5. The molecule has 2 atom stereocenters. The van der Waals surface area contributed by atoms with E-state index in [0.29, 0.717) is 62.7 Å². The van der Waals surface area contributed by atoms with Crippen LogP contribution in [0.1, 0.15) is 58.1 Å². The van der Waals surface area contributed by atoms with E-state index in [4.69, 9.17) is 62.5 Å². The van der Waals surface area contributed by atoms with Crippen LogP contribution in [0.3, 0.4) is 0 Å². The van der Waals surface area contributed by atoms with E-state index >= 15 is 0 Å². The van der Waals surface area contributed by atoms with E-state index in [1.807, 2.05) is 0 Å². The Morgan fingerprint density at radius 1 is 0.690 bits per heavy atom. The molecule has 384 valence electrons. The molecule has 2 unspecified atom stereocenters. The third-order valence-corrected chi connectivity index (χ3v) is 10.4. The summed E-state index contributed by atoms with van der Waals surface area (Å²) in [4.78, 5) is 93.1. The highest BCUT2D eigenvalue weighted by Crippen LogP contribution is 2.43. The number of carbonyl (C=O) groups is 8. The number of carboxylic acid groups (broad SMARTS) is 1. The average molecular weight is 1030 g/mol. The van der Waals surface area contributed by atoms with Gasteiger partial charge in [-0.2, -0.15) is 0 Å². The largest absolute Gasteiger partial charge is 0.478 e. The molecule has 0 radical (unpaired) electrons. The number of allylic oxidation sites excluding steroid dienone is 2. The summed E-state index contributed by atoms with van der Waals surface area (Å²) < 4.78 is 35.7. The highest BCUT2D eigenvalue weighted by Gasteiger charge is 2.41. The van der Waals surface area contributed by atoms with E-state index in [-0.39, 0.29) is 63.7 Å². The van der Waals surface area contributed by atoms with Gasteiger partial charge in [-0.3, -0.25) is 4.79 Å². The number of halogens is 2. The molecule has 3 aliphatic heterocycles. The number of carboxylic acids is 1. The number of benzene rings is 2. The summed E-state index contributed by atoms with van der Waals surface area (Å²) in [6.07, 6.45) is 3.79. The van der Waals surface area contributed by atoms with Crippen LogP contribution in [0.5, 0.6) is 0 Å². The van der Waals surface area contributed by atoms with Gasteiger partial charge in [0.05, 0.1) is 99.4 Å². The molecule has 71 heavy (non-hydrogen) atoms. The summed E-state index contributed by atoms with van der Waals surface area (Å²) in [5.74, 6) is -6.98. The Morgan fingerprint density at radius 2 is 1.11 bits per heavy atom. The van der Waals surface area contributed by atoms with Crippen LogP contribution in [0.25, 0.3) is 0 Å². The maximum atomic E-state index is 13.1. The Labute approximate surface area is 420 Å². The normalized spacial score (nSPS) is 16.0. The predicted molar refractivity (Wildman–Crippen MR) is 259 cm³/mol. The number of cyclic esters (lactones) is 2. The molecule has 0 spiro atoms. The first-order valence-electron chi connectivity index (χ1n) is 21.3. The topological polar surface area (TPSA) is 284 Å². The zero-order chi connectivity index (χ0) is 51.9. The summed E-state index contributed by atoms with van der Waals surface area (Å²) in [5, 5.41) is 18.0. The van der Waals surface area contributed by atoms with Gasteiger partial charge in [-0.05, 0) is 51.0 Å². The molecule has 0 bridgehead atoms. The number of nitrogens with two attached hydrogens (primary N) is 1. The molecule has 2 aromatic carbocycles. The first-order chi connectivity index (χ1) is 33.4. The minimum atomic E-state index is -1.24. The molecule has 20 nitrogen and oxygen atoms in total. The minimum Gasteiger partial charge on any atom is -0.478 e. The van der Waals surface area contributed by atoms with Crippen molar-refractivity contribution in [3.63, 3.8) is 0 Å². The van der Waals surface area contributed by atoms with Crippen LogP contribution < -0.4 is 21.7 Å². The maximum absolute atomic E-state index is 13.1. The van der Waals surface area contributed by atoms with Crippen LogP contribution in [0.2, 0.25) is 10.0 Å². The van der Waals surface area contributed by atoms with Crippen molar-refractivity contribution in [2.75, 3.05) is 67.0 Å². The predicted octanol–water partition coefficient (Wildman–Crippen LogP) is 4.59. The average Bonchev–Trinajstić information content (AvgIpc) is 3.72. The standard InChI is InChI=1S/C24H27ClN2O8.C20H25ClN2O5.C4H2O3.CH4/c1-4-35-24(32)22-17(13-34-12-11-26-18(28)9-10-19(29)30)27-14(2)20(23(31)33-3)21(22)15-7-5-6-8-16(15)25;1-4-28-20(25)18-15(11-27-10-9-22)23-12(2)16(19(24)26-3)17(18)13-7-5-6-8-14(13)21;5-3-1-2-4(6)7-3;/h5-10,21,27H,4,11-13H2,1-3H3,(H,26,28)(H,29,30);5-8,17,23H,4,9-11,22H2,1-3H3;1-2H;1H4/b10-9-;;;. The molecular weight excluding hydrogens is 971 g/mol. The van der Waals surface area contributed by atoms with Crippen molar-refractivity contribution in [2.45, 2.75) is 47.0 Å². The van der Waals surface area contributed by atoms with Crippen molar-refractivity contribution < 1.29 is 76.6 Å². The minimum absolute atomic E-state index is 0. The van der Waals surface area contributed by atoms with Gasteiger partial charge in [0.15, 0.2) is 0 Å². The quantitative estimate of drug-likeness (QED) is 0.0423. The van der Waals surface area contributed by atoms with Gasteiger partial charge in [-0.15, -0.1) is 0 Å². The molecular formula is C49H58Cl2N4O16. The Bertz CT molecular complexity index is 2480. The van der Waals surface area contributed by atoms with Crippen LogP contribution in [0, 0.1) is 0 Å². The second-order valence-electron chi connectivity index (χ2n) is 14.4. The molecule has 0 saturated carbocycles. The number of hydrogen-bond donors (Lipinski definition) is 5. The van der Waals surface area contributed by atoms with Crippen molar-refractivity contribution in [2.24, 2.45) is 5.73 Å². The molecule has 0 aliphatic carbocycles. The maximum Gasteiger partial charge on any atom is 0.338 e. The van der Waals surface area contributed by atoms with Crippen molar-refractivity contribution in [3.05, 3.63) is 139 Å². The number of rotatable bonds is 19. The van der Waals surface area contributed by atoms with Gasteiger partial charge in [-0.25, -0.2) is 33.6 Å². The molecule has 0 fully saturated rings. The Kier molecular flexibility index (Phi) is 25.8. The molecule has 1 amide bonds. The number of aliphatic carboxylic acids is 1. The molecule has 5 rings (SSSR count). The van der Waals surface area contributed by atoms with E-state index in [1.165, 1.54) is 14.2 Å². The second-order valence-corrected chi connectivity index (χ2v) is 15.2. The van der Waals surface area contributed by atoms with Crippen LogP contribution in [-0.4, -0.2) is 120 Å². The number of dihydropyridines is 2. The fourth-order valence-corrected chi connectivity index (χ4v) is 7.40. The van der Waals surface area contributed by atoms with Crippen molar-refractivity contribution in [3.8, 4) is 0 Å². The fourth-order valence-electron chi connectivity index (χ4n) is 6.91. The lowest BCUT2D eigenvalue weighted by atomic mass is 9.80. The number of amides is 1. The molecule has 3 aliphatic rings. The first kappa shape index (κ1) is 60.0. The lowest BCUT2D eigenvalue weighted by Gasteiger charge is -2.31. The number of carbonyl (C=O) groups excluding carboxylic acids is 7. The molecule has 0 aromatic heterocycles. The highest BCUT2D eigenvalue weighted by molar-refractivity contribution is 6.32. The highest BCUT2D eigenvalue weighted by atomic mass is 35.5. The van der Waals surface area contributed by atoms with E-state index in [1.54, 1.807) is 76.2 Å². The fraction of sp³-hybridized carbons (Fsp3) is 0.347. The molecule has 6 N–H and O–H groups in total. The summed E-state index contributed by atoms with van der Waals surface area (Å²) in [6.45, 7) is 7.96. The van der Waals surface area contributed by atoms with E-state index in [9.17, 15) is 38.4 Å². The summed E-state index contributed by atoms with van der Waals surface area (Å²) >= 11 is 12.9. The SMILES string of the molecule is C.CCOC(=O)C1=C(COCCN)NC(C)=C(C(=O)OC)C1c1ccccc1Cl.CCOC(=O)C1=C(COCCNC(=O)/C=C\C(=O)O)NC(C)=C(C(=O)OC)C1c1ccccc1Cl.O=C1C=CC(=O)O1. The zero-order valence-electron chi connectivity index (χ0n) is 39.1. The van der Waals surface area contributed by atoms with Gasteiger partial charge < -0.3 is 59.9 Å². The van der Waals surface area contributed by atoms with E-state index in [0.717, 1.165) is 24.3 Å². The van der Waals surface area contributed by atoms with Gasteiger partial charge >= 0.3 is 41.8 Å². The smallest absolute Gasteiger partial charge is 0.338 e. The van der Waals surface area contributed by atoms with Gasteiger partial charge in [0, 0.05) is 58.8 Å². The number of nitrogens with one attached hydrogen (secondary N) is 3. The zero-order valence-corrected chi connectivity index (χ0v) is 40.7. The Morgan fingerprint density at radius 3 is 1.46 bits per heavy atom. The lowest BCUT2D eigenvalue weighted by Crippen LogP contribution is -2.35. The third kappa shape index (κ3) is 17.4. The van der Waals surface area contributed by atoms with Gasteiger partial charge in [-0.1, -0.05) is 67.0 Å². The van der Waals surface area contributed by atoms with Crippen LogP contribution in [0.4, 0.5) is 0 Å². The summed E-state index contributed by atoms with van der Waals surface area (Å²) in [5.41, 5.74) is 9.42. The van der Waals surface area contributed by atoms with Crippen molar-refractivity contribution in [1.29, 1.82) is 0 Å². The first-order valence-corrected chi connectivity index (χ1v) is 22.1. The summed E-state index contributed by atoms with van der Waals surface area (Å²) in [7, 11) is 2.54. The van der Waals surface area contributed by atoms with Crippen molar-refractivity contribution in [1.82, 2.24) is 16.0 Å². The van der Waals surface area contributed by atoms with E-state index in [2.05, 4.69) is 20.7 Å². The Hall–Kier alpha value is -7.10. The number of hydrogen-bond acceptors (Lipinski definition) is 18. The molecule has 2 aromatic rings. The van der Waals surface area contributed by atoms with E-state index < -0.39 is 59.5 Å². The molecule has 3 heterocycles. The summed E-state index contributed by atoms with van der Waals surface area (Å²) in [6, 6.07) is 13.9. The Balaban J connectivity index is 0.000000428. The number of ether oxygens (including phenoxy) is 7. The van der Waals surface area contributed by atoms with Crippen molar-refractivity contribution >= 4 is 70.9 Å². The monoisotopic (exact) mass is 1030 g/mol. The van der Waals surface area contributed by atoms with Gasteiger partial charge in [0.1, 0.15) is 0 Å². The van der Waals surface area contributed by atoms with Crippen LogP contribution in [-0.2, 0) is 71.5 Å². The number of methoxy groups -OCH3 is 2. The third-order valence-electron chi connectivity index (χ3n) is 9.76. The number of esters is 6. The molecule has 0 saturated heterocycles. The van der Waals surface area contributed by atoms with Crippen LogP contribution >= 0.6 is 23.2 Å². The molecule has 22 heteroatoms. The van der Waals surface area contributed by atoms with Gasteiger partial charge in [0.2, 0.25) is 5.91 Å². The lowest BCUT2D eigenvalue weighted by molar-refractivity contribution is -0.150. The van der Waals surface area contributed by atoms with Crippen LogP contribution in [0.15, 0.2) is 118 Å².